The molecule has 0 spiro atoms. The zero-order valence-corrected chi connectivity index (χ0v) is 10.9. The average molecular weight is 274 g/mol. The quantitative estimate of drug-likeness (QED) is 0.866. The van der Waals surface area contributed by atoms with E-state index in [-0.39, 0.29) is 18.0 Å². The van der Waals surface area contributed by atoms with Crippen LogP contribution in [0.1, 0.15) is 24.4 Å². The summed E-state index contributed by atoms with van der Waals surface area (Å²) in [6.45, 7) is 0.632. The lowest BCUT2D eigenvalue weighted by atomic mass is 9.93. The third kappa shape index (κ3) is 1.57. The molecule has 5 heteroatoms. The summed E-state index contributed by atoms with van der Waals surface area (Å²) in [7, 11) is 0. The van der Waals surface area contributed by atoms with Gasteiger partial charge in [-0.2, -0.15) is 0 Å². The molecular formula is C15H15FN2O2. The Hall–Kier alpha value is -1.72. The minimum absolute atomic E-state index is 0.200. The van der Waals surface area contributed by atoms with Gasteiger partial charge in [-0.25, -0.2) is 9.37 Å². The van der Waals surface area contributed by atoms with Gasteiger partial charge in [-0.15, -0.1) is 0 Å². The Morgan fingerprint density at radius 1 is 1.40 bits per heavy atom. The maximum Gasteiger partial charge on any atom is 0.132 e. The van der Waals surface area contributed by atoms with Gasteiger partial charge in [0.1, 0.15) is 11.9 Å². The number of nitrogens with zero attached hydrogens (tertiary/aromatic N) is 2. The Morgan fingerprint density at radius 3 is 3.15 bits per heavy atom. The first-order chi connectivity index (χ1) is 9.77. The molecule has 1 fully saturated rings. The van der Waals surface area contributed by atoms with E-state index in [0.717, 1.165) is 24.1 Å². The maximum atomic E-state index is 14.1. The average Bonchev–Trinajstić information content (AvgIpc) is 3.00. The molecule has 2 aliphatic rings. The molecule has 0 amide bonds. The number of rotatable bonds is 1. The predicted molar refractivity (Wildman–Crippen MR) is 70.7 cm³/mol. The van der Waals surface area contributed by atoms with E-state index in [1.165, 1.54) is 6.07 Å². The summed E-state index contributed by atoms with van der Waals surface area (Å²) in [6.07, 6.45) is 4.05. The smallest absolute Gasteiger partial charge is 0.132 e. The maximum absolute atomic E-state index is 14.1. The van der Waals surface area contributed by atoms with Gasteiger partial charge in [0.2, 0.25) is 0 Å². The summed E-state index contributed by atoms with van der Waals surface area (Å²) in [4.78, 5) is 4.11. The van der Waals surface area contributed by atoms with Gasteiger partial charge in [0.05, 0.1) is 30.4 Å². The van der Waals surface area contributed by atoms with Crippen LogP contribution >= 0.6 is 0 Å². The highest BCUT2D eigenvalue weighted by Crippen LogP contribution is 2.44. The minimum Gasteiger partial charge on any atom is -0.390 e. The van der Waals surface area contributed by atoms with E-state index < -0.39 is 6.10 Å². The Kier molecular flexibility index (Phi) is 2.65. The summed E-state index contributed by atoms with van der Waals surface area (Å²) < 4.78 is 21.8. The number of fused-ring (bicyclic) bond motifs is 3. The molecule has 2 unspecified atom stereocenters. The second kappa shape index (κ2) is 4.40. The van der Waals surface area contributed by atoms with Crippen molar-refractivity contribution in [1.29, 1.82) is 0 Å². The van der Waals surface area contributed by atoms with Gasteiger partial charge >= 0.3 is 0 Å². The number of hydrogen-bond donors (Lipinski definition) is 1. The highest BCUT2D eigenvalue weighted by molar-refractivity contribution is 5.70. The van der Waals surface area contributed by atoms with E-state index in [2.05, 4.69) is 4.98 Å². The van der Waals surface area contributed by atoms with Crippen molar-refractivity contribution in [2.24, 2.45) is 0 Å². The van der Waals surface area contributed by atoms with Crippen molar-refractivity contribution in [3.05, 3.63) is 42.1 Å². The molecule has 1 aromatic carbocycles. The molecule has 0 saturated carbocycles. The molecular weight excluding hydrogens is 259 g/mol. The normalized spacial score (nSPS) is 28.2. The van der Waals surface area contributed by atoms with Crippen molar-refractivity contribution in [1.82, 2.24) is 9.55 Å². The van der Waals surface area contributed by atoms with Gasteiger partial charge in [-0.05, 0) is 24.5 Å². The van der Waals surface area contributed by atoms with E-state index in [4.69, 9.17) is 4.74 Å². The number of imidazole rings is 1. The number of ether oxygens (including phenoxy) is 1. The molecule has 1 saturated heterocycles. The van der Waals surface area contributed by atoms with Crippen LogP contribution in [0.15, 0.2) is 30.7 Å². The largest absolute Gasteiger partial charge is 0.390 e. The first kappa shape index (κ1) is 12.1. The first-order valence-corrected chi connectivity index (χ1v) is 6.87. The molecule has 0 bridgehead atoms. The molecule has 2 aliphatic heterocycles. The van der Waals surface area contributed by atoms with E-state index in [9.17, 15) is 9.50 Å². The number of benzene rings is 1. The van der Waals surface area contributed by atoms with Crippen LogP contribution in [0.2, 0.25) is 0 Å². The molecule has 0 aliphatic carbocycles. The van der Waals surface area contributed by atoms with Crippen molar-refractivity contribution < 1.29 is 14.2 Å². The van der Waals surface area contributed by atoms with Crippen LogP contribution in [-0.2, 0) is 4.74 Å². The SMILES string of the molecule is OC1CCCOC1[C@@H]1c2cccc(F)c2-c2cncn21. The molecule has 2 aromatic rings. The molecule has 4 nitrogen and oxygen atoms in total. The zero-order valence-electron chi connectivity index (χ0n) is 10.9. The van der Waals surface area contributed by atoms with Crippen LogP contribution in [0.3, 0.4) is 0 Å². The summed E-state index contributed by atoms with van der Waals surface area (Å²) in [5.74, 6) is -0.253. The summed E-state index contributed by atoms with van der Waals surface area (Å²) in [5.41, 5.74) is 2.20. The molecule has 104 valence electrons. The topological polar surface area (TPSA) is 47.3 Å². The number of aliphatic hydroxyl groups is 1. The number of aliphatic hydroxyl groups excluding tert-OH is 1. The van der Waals surface area contributed by atoms with E-state index in [0.29, 0.717) is 12.2 Å². The van der Waals surface area contributed by atoms with Crippen molar-refractivity contribution in [3.63, 3.8) is 0 Å². The second-order valence-corrected chi connectivity index (χ2v) is 5.38. The lowest BCUT2D eigenvalue weighted by molar-refractivity contribution is -0.0892. The first-order valence-electron chi connectivity index (χ1n) is 6.87. The fraction of sp³-hybridized carbons (Fsp3) is 0.400. The van der Waals surface area contributed by atoms with E-state index in [1.54, 1.807) is 18.6 Å². The second-order valence-electron chi connectivity index (χ2n) is 5.38. The standard InChI is InChI=1S/C15H15FN2O2/c16-10-4-1-3-9-13(10)11-7-17-8-18(11)14(9)15-12(19)5-2-6-20-15/h1,3-4,7-8,12,14-15,19H,2,5-6H2/t12?,14-,15?/m0/s1. The predicted octanol–water partition coefficient (Wildman–Crippen LogP) is 2.13. The molecule has 1 N–H and O–H groups in total. The molecule has 3 heterocycles. The summed E-state index contributed by atoms with van der Waals surface area (Å²) in [5, 5.41) is 10.2. The highest BCUT2D eigenvalue weighted by atomic mass is 19.1. The van der Waals surface area contributed by atoms with Gasteiger partial charge in [0.25, 0.3) is 0 Å². The van der Waals surface area contributed by atoms with E-state index >= 15 is 0 Å². The van der Waals surface area contributed by atoms with E-state index in [1.807, 2.05) is 10.6 Å². The Bertz CT molecular complexity index is 655. The Labute approximate surface area is 115 Å². The molecule has 3 atom stereocenters. The van der Waals surface area contributed by atoms with Gasteiger partial charge in [-0.3, -0.25) is 0 Å². The Morgan fingerprint density at radius 2 is 2.30 bits per heavy atom. The molecule has 1 aromatic heterocycles. The Balaban J connectivity index is 1.87. The van der Waals surface area contributed by atoms with Crippen LogP contribution in [0.4, 0.5) is 4.39 Å². The van der Waals surface area contributed by atoms with Crippen LogP contribution in [-0.4, -0.2) is 33.5 Å². The van der Waals surface area contributed by atoms with Crippen LogP contribution in [0.25, 0.3) is 11.3 Å². The minimum atomic E-state index is -0.529. The van der Waals surface area contributed by atoms with Crippen molar-refractivity contribution >= 4 is 0 Å². The lowest BCUT2D eigenvalue weighted by Gasteiger charge is -2.33. The fourth-order valence-electron chi connectivity index (χ4n) is 3.35. The van der Waals surface area contributed by atoms with Gasteiger partial charge in [-0.1, -0.05) is 12.1 Å². The lowest BCUT2D eigenvalue weighted by Crippen LogP contribution is -2.40. The van der Waals surface area contributed by atoms with Crippen LogP contribution in [0, 0.1) is 5.82 Å². The summed E-state index contributed by atoms with van der Waals surface area (Å²) in [6, 6.07) is 4.86. The monoisotopic (exact) mass is 274 g/mol. The fourth-order valence-corrected chi connectivity index (χ4v) is 3.35. The van der Waals surface area contributed by atoms with Crippen LogP contribution in [0.5, 0.6) is 0 Å². The molecule has 0 radical (unpaired) electrons. The molecule has 20 heavy (non-hydrogen) atoms. The van der Waals surface area contributed by atoms with Crippen molar-refractivity contribution in [2.75, 3.05) is 6.61 Å². The van der Waals surface area contributed by atoms with Crippen LogP contribution < -0.4 is 0 Å². The molecule has 4 rings (SSSR count). The number of aromatic nitrogens is 2. The van der Waals surface area contributed by atoms with Crippen molar-refractivity contribution in [3.8, 4) is 11.3 Å². The zero-order chi connectivity index (χ0) is 13.7. The third-order valence-electron chi connectivity index (χ3n) is 4.23. The highest BCUT2D eigenvalue weighted by Gasteiger charge is 2.40. The third-order valence-corrected chi connectivity index (χ3v) is 4.23. The number of halogens is 1. The number of hydrogen-bond acceptors (Lipinski definition) is 3. The van der Waals surface area contributed by atoms with Gasteiger partial charge in [0, 0.05) is 12.2 Å². The summed E-state index contributed by atoms with van der Waals surface area (Å²) >= 11 is 0. The van der Waals surface area contributed by atoms with Crippen molar-refractivity contribution in [2.45, 2.75) is 31.1 Å². The van der Waals surface area contributed by atoms with Gasteiger partial charge < -0.3 is 14.4 Å². The van der Waals surface area contributed by atoms with Gasteiger partial charge in [0.15, 0.2) is 0 Å².